The number of anilines is 1. The van der Waals surface area contributed by atoms with Gasteiger partial charge in [0.15, 0.2) is 5.65 Å². The number of nitrogens with zero attached hydrogens (tertiary/aromatic N) is 6. The van der Waals surface area contributed by atoms with Gasteiger partial charge in [-0.15, -0.1) is 0 Å². The highest BCUT2D eigenvalue weighted by Crippen LogP contribution is 2.38. The van der Waals surface area contributed by atoms with E-state index in [1.807, 2.05) is 71.0 Å². The van der Waals surface area contributed by atoms with Gasteiger partial charge in [0.2, 0.25) is 5.91 Å². The smallest absolute Gasteiger partial charge is 0.355 e. The normalized spacial score (nSPS) is 17.8. The Kier molecular flexibility index (Phi) is 8.90. The summed E-state index contributed by atoms with van der Waals surface area (Å²) in [6.07, 6.45) is 3.01. The third kappa shape index (κ3) is 5.50. The van der Waals surface area contributed by atoms with Crippen LogP contribution in [0.3, 0.4) is 0 Å². The molecule has 0 aliphatic carbocycles. The molecule has 0 spiro atoms. The average molecular weight is 615 g/mol. The van der Waals surface area contributed by atoms with Gasteiger partial charge in [-0.25, -0.2) is 14.3 Å². The Balaban J connectivity index is 1.85. The number of hydrogen-bond donors (Lipinski definition) is 1. The van der Waals surface area contributed by atoms with E-state index in [2.05, 4.69) is 21.4 Å². The van der Waals surface area contributed by atoms with Crippen LogP contribution in [0.5, 0.6) is 0 Å². The van der Waals surface area contributed by atoms with E-state index in [9.17, 15) is 14.7 Å². The second kappa shape index (κ2) is 12.5. The van der Waals surface area contributed by atoms with Gasteiger partial charge in [0.25, 0.3) is 0 Å². The Labute approximate surface area is 262 Å². The Morgan fingerprint density at radius 3 is 2.52 bits per heavy atom. The van der Waals surface area contributed by atoms with Crippen molar-refractivity contribution in [3.05, 3.63) is 87.6 Å². The molecular weight excluding hydrogens is 576 g/mol. The molecule has 3 unspecified atom stereocenters. The van der Waals surface area contributed by atoms with Crippen LogP contribution in [0.25, 0.3) is 28.0 Å². The Morgan fingerprint density at radius 2 is 1.86 bits per heavy atom. The summed E-state index contributed by atoms with van der Waals surface area (Å²) < 4.78 is 1.57. The minimum Gasteiger partial charge on any atom is -0.389 e. The first-order valence-corrected chi connectivity index (χ1v) is 15.4. The molecule has 1 aromatic carbocycles. The van der Waals surface area contributed by atoms with Crippen LogP contribution in [0, 0.1) is 0 Å². The summed E-state index contributed by atoms with van der Waals surface area (Å²) in [6, 6.07) is 10.9. The molecule has 0 radical (unpaired) electrons. The number of halogens is 1. The number of rotatable bonds is 7. The number of fused-ring (bicyclic) bond motifs is 1. The number of aryl methyl sites for hydroxylation is 1. The maximum absolute atomic E-state index is 14.3. The lowest BCUT2D eigenvalue weighted by Gasteiger charge is -2.44. The monoisotopic (exact) mass is 614 g/mol. The maximum atomic E-state index is 14.3. The quantitative estimate of drug-likeness (QED) is 0.261. The molecule has 9 nitrogen and oxygen atoms in total. The Morgan fingerprint density at radius 1 is 1.14 bits per heavy atom. The van der Waals surface area contributed by atoms with Gasteiger partial charge in [-0.1, -0.05) is 63.2 Å². The minimum absolute atomic E-state index is 0.0252. The predicted octanol–water partition coefficient (Wildman–Crippen LogP) is 5.85. The predicted molar refractivity (Wildman–Crippen MR) is 176 cm³/mol. The van der Waals surface area contributed by atoms with Crippen LogP contribution in [0.2, 0.25) is 5.02 Å². The fourth-order valence-electron chi connectivity index (χ4n) is 6.12. The van der Waals surface area contributed by atoms with Crippen molar-refractivity contribution in [2.24, 2.45) is 0 Å². The summed E-state index contributed by atoms with van der Waals surface area (Å²) >= 11 is 7.00. The van der Waals surface area contributed by atoms with Gasteiger partial charge in [0.1, 0.15) is 5.82 Å². The molecule has 1 saturated heterocycles. The van der Waals surface area contributed by atoms with Crippen LogP contribution in [-0.4, -0.2) is 60.6 Å². The highest BCUT2D eigenvalue weighted by Gasteiger charge is 2.34. The van der Waals surface area contributed by atoms with Crippen LogP contribution in [-0.2, 0) is 11.2 Å². The van der Waals surface area contributed by atoms with E-state index in [-0.39, 0.29) is 23.9 Å². The number of aliphatic hydroxyl groups excluding tert-OH is 1. The average Bonchev–Trinajstić information content (AvgIpc) is 3.00. The molecule has 3 atom stereocenters. The van der Waals surface area contributed by atoms with E-state index >= 15 is 0 Å². The number of benzene rings is 1. The van der Waals surface area contributed by atoms with Crippen molar-refractivity contribution in [2.45, 2.75) is 72.1 Å². The summed E-state index contributed by atoms with van der Waals surface area (Å²) in [6.45, 7) is 16.4. The van der Waals surface area contributed by atoms with Gasteiger partial charge in [-0.2, -0.15) is 4.98 Å². The second-order valence-corrected chi connectivity index (χ2v) is 12.2. The SMILES string of the molecule is C=CC(=O)N1CC(C)N(c2nc(=O)n(-c3c(CC)ccnc3C(C)C)c3nc(-c4ccccc4C(C)O)c(Cl)cc23)CC1C. The number of amides is 1. The number of pyridine rings is 2. The molecule has 230 valence electrons. The van der Waals surface area contributed by atoms with E-state index in [4.69, 9.17) is 16.6 Å². The lowest BCUT2D eigenvalue weighted by Crippen LogP contribution is -2.58. The van der Waals surface area contributed by atoms with E-state index in [0.717, 1.165) is 11.3 Å². The molecule has 4 aromatic rings. The molecule has 1 fully saturated rings. The first kappa shape index (κ1) is 31.3. The number of aromatic nitrogens is 4. The number of hydrogen-bond acceptors (Lipinski definition) is 7. The van der Waals surface area contributed by atoms with Crippen molar-refractivity contribution in [3.8, 4) is 16.9 Å². The van der Waals surface area contributed by atoms with Crippen LogP contribution in [0.4, 0.5) is 5.82 Å². The summed E-state index contributed by atoms with van der Waals surface area (Å²) in [7, 11) is 0. The first-order valence-electron chi connectivity index (χ1n) is 15.1. The van der Waals surface area contributed by atoms with E-state index in [0.29, 0.717) is 63.9 Å². The molecule has 1 aliphatic heterocycles. The molecule has 1 aliphatic rings. The fourth-order valence-corrected chi connectivity index (χ4v) is 6.37. The molecule has 44 heavy (non-hydrogen) atoms. The van der Waals surface area contributed by atoms with Crippen LogP contribution < -0.4 is 10.6 Å². The van der Waals surface area contributed by atoms with Gasteiger partial charge in [-0.05, 0) is 62.4 Å². The number of carbonyl (C=O) groups is 1. The first-order chi connectivity index (χ1) is 21.0. The third-order valence-electron chi connectivity index (χ3n) is 8.37. The molecular formula is C34H39ClN6O3. The zero-order valence-corrected chi connectivity index (χ0v) is 26.8. The molecule has 1 amide bonds. The van der Waals surface area contributed by atoms with E-state index < -0.39 is 11.8 Å². The molecule has 0 saturated carbocycles. The largest absolute Gasteiger partial charge is 0.389 e. The molecule has 1 N–H and O–H groups in total. The third-order valence-corrected chi connectivity index (χ3v) is 8.66. The second-order valence-electron chi connectivity index (χ2n) is 11.8. The summed E-state index contributed by atoms with van der Waals surface area (Å²) in [5.41, 5.74) is 4.11. The molecule has 3 aromatic heterocycles. The van der Waals surface area contributed by atoms with Crippen molar-refractivity contribution < 1.29 is 9.90 Å². The van der Waals surface area contributed by atoms with Crippen LogP contribution >= 0.6 is 11.6 Å². The highest BCUT2D eigenvalue weighted by atomic mass is 35.5. The van der Waals surface area contributed by atoms with Gasteiger partial charge in [-0.3, -0.25) is 9.78 Å². The number of aliphatic hydroxyl groups is 1. The Hall–Kier alpha value is -4.08. The van der Waals surface area contributed by atoms with Crippen molar-refractivity contribution in [2.75, 3.05) is 18.0 Å². The topological polar surface area (TPSA) is 104 Å². The summed E-state index contributed by atoms with van der Waals surface area (Å²) in [4.78, 5) is 45.1. The fraction of sp³-hybridized carbons (Fsp3) is 0.382. The molecule has 4 heterocycles. The van der Waals surface area contributed by atoms with Crippen LogP contribution in [0.1, 0.15) is 70.4 Å². The lowest BCUT2D eigenvalue weighted by molar-refractivity contribution is -0.128. The molecule has 5 rings (SSSR count). The van der Waals surface area contributed by atoms with E-state index in [1.165, 1.54) is 6.08 Å². The number of piperazine rings is 1. The van der Waals surface area contributed by atoms with Crippen molar-refractivity contribution in [1.29, 1.82) is 0 Å². The van der Waals surface area contributed by atoms with Crippen LogP contribution in [0.15, 0.2) is 60.0 Å². The van der Waals surface area contributed by atoms with Crippen molar-refractivity contribution >= 4 is 34.4 Å². The minimum atomic E-state index is -0.760. The van der Waals surface area contributed by atoms with Gasteiger partial charge < -0.3 is 14.9 Å². The highest BCUT2D eigenvalue weighted by molar-refractivity contribution is 6.34. The molecule has 0 bridgehead atoms. The van der Waals surface area contributed by atoms with Crippen molar-refractivity contribution in [3.63, 3.8) is 0 Å². The molecule has 10 heteroatoms. The van der Waals surface area contributed by atoms with Gasteiger partial charge in [0, 0.05) is 36.9 Å². The van der Waals surface area contributed by atoms with Crippen molar-refractivity contribution in [1.82, 2.24) is 24.4 Å². The van der Waals surface area contributed by atoms with E-state index in [1.54, 1.807) is 22.6 Å². The zero-order valence-electron chi connectivity index (χ0n) is 26.1. The summed E-state index contributed by atoms with van der Waals surface area (Å²) in [5.74, 6) is 0.356. The lowest BCUT2D eigenvalue weighted by atomic mass is 9.99. The summed E-state index contributed by atoms with van der Waals surface area (Å²) in [5, 5.41) is 11.5. The standard InChI is InChI=1S/C34H39ClN6O3/c1-8-23-14-15-36-29(19(3)4)31(23)41-33-26(16-27(35)30(37-33)25-13-11-10-12-24(25)22(7)42)32(38-34(41)44)40-18-20(5)39(17-21(40)6)28(43)9-2/h9-16,19-22,42H,2,8,17-18H2,1,3-7H3. The zero-order chi connectivity index (χ0) is 31.9. The van der Waals surface area contributed by atoms with Gasteiger partial charge in [0.05, 0.1) is 33.6 Å². The Bertz CT molecular complexity index is 1800. The number of carbonyl (C=O) groups excluding carboxylic acids is 1. The maximum Gasteiger partial charge on any atom is 0.355 e. The van der Waals surface area contributed by atoms with Gasteiger partial charge >= 0.3 is 5.69 Å².